The van der Waals surface area contributed by atoms with E-state index in [0.29, 0.717) is 17.5 Å². The van der Waals surface area contributed by atoms with Crippen LogP contribution in [-0.4, -0.2) is 30.7 Å². The monoisotopic (exact) mass is 291 g/mol. The van der Waals surface area contributed by atoms with E-state index in [0.717, 1.165) is 24.3 Å². The highest BCUT2D eigenvalue weighted by Gasteiger charge is 2.25. The summed E-state index contributed by atoms with van der Waals surface area (Å²) >= 11 is 0. The first-order valence-electron chi connectivity index (χ1n) is 6.93. The van der Waals surface area contributed by atoms with E-state index in [1.807, 2.05) is 13.0 Å². The van der Waals surface area contributed by atoms with Crippen molar-refractivity contribution in [3.8, 4) is 11.8 Å². The van der Waals surface area contributed by atoms with Gasteiger partial charge in [0, 0.05) is 0 Å². The minimum Gasteiger partial charge on any atom is -0.480 e. The number of aromatic nitrogens is 2. The Morgan fingerprint density at radius 2 is 2.14 bits per heavy atom. The van der Waals surface area contributed by atoms with Gasteiger partial charge < -0.3 is 19.2 Å². The summed E-state index contributed by atoms with van der Waals surface area (Å²) in [7, 11) is 3.12. The number of hydrogen-bond acceptors (Lipinski definition) is 6. The van der Waals surface area contributed by atoms with E-state index in [4.69, 9.17) is 13.9 Å². The number of hydrogen-bond donors (Lipinski definition) is 1. The van der Waals surface area contributed by atoms with Crippen molar-refractivity contribution < 1.29 is 13.9 Å². The van der Waals surface area contributed by atoms with Gasteiger partial charge >= 0.3 is 0 Å². The van der Waals surface area contributed by atoms with Gasteiger partial charge in [0.2, 0.25) is 11.8 Å². The summed E-state index contributed by atoms with van der Waals surface area (Å²) in [5.41, 5.74) is 1.74. The highest BCUT2D eigenvalue weighted by Crippen LogP contribution is 2.30. The number of aryl methyl sites for hydroxylation is 1. The Kier molecular flexibility index (Phi) is 5.16. The smallest absolute Gasteiger partial charge is 0.240 e. The van der Waals surface area contributed by atoms with Gasteiger partial charge in [-0.05, 0) is 31.5 Å². The normalized spacial score (nSPS) is 12.2. The van der Waals surface area contributed by atoms with Crippen molar-refractivity contribution in [1.29, 1.82) is 0 Å². The van der Waals surface area contributed by atoms with Gasteiger partial charge in [-0.3, -0.25) is 0 Å². The van der Waals surface area contributed by atoms with Crippen molar-refractivity contribution >= 4 is 0 Å². The molecule has 0 amide bonds. The zero-order valence-electron chi connectivity index (χ0n) is 12.8. The van der Waals surface area contributed by atoms with E-state index in [1.54, 1.807) is 26.7 Å². The van der Waals surface area contributed by atoms with Crippen LogP contribution in [0.3, 0.4) is 0 Å². The molecule has 1 unspecified atom stereocenters. The van der Waals surface area contributed by atoms with Crippen molar-refractivity contribution in [1.82, 2.24) is 15.3 Å². The summed E-state index contributed by atoms with van der Waals surface area (Å²) in [6.45, 7) is 4.94. The van der Waals surface area contributed by atoms with Gasteiger partial charge in [0.1, 0.15) is 17.5 Å². The molecule has 0 spiro atoms. The molecule has 0 aromatic carbocycles. The van der Waals surface area contributed by atoms with Crippen LogP contribution in [0, 0.1) is 6.92 Å². The summed E-state index contributed by atoms with van der Waals surface area (Å²) < 4.78 is 16.1. The molecule has 0 saturated heterocycles. The fourth-order valence-electron chi connectivity index (χ4n) is 2.10. The molecule has 2 aromatic heterocycles. The van der Waals surface area contributed by atoms with Crippen LogP contribution < -0.4 is 14.8 Å². The van der Waals surface area contributed by atoms with Crippen molar-refractivity contribution in [2.24, 2.45) is 0 Å². The molecule has 0 aliphatic heterocycles. The maximum absolute atomic E-state index is 5.62. The first-order valence-corrected chi connectivity index (χ1v) is 6.93. The first kappa shape index (κ1) is 15.3. The SMILES string of the molecule is CCCNC(c1ncc(OC)nc1OC)c1occc1C. The van der Waals surface area contributed by atoms with Crippen LogP contribution in [0.25, 0.3) is 0 Å². The highest BCUT2D eigenvalue weighted by atomic mass is 16.5. The summed E-state index contributed by atoms with van der Waals surface area (Å²) in [4.78, 5) is 8.73. The zero-order chi connectivity index (χ0) is 15.2. The van der Waals surface area contributed by atoms with E-state index in [9.17, 15) is 0 Å². The Morgan fingerprint density at radius 1 is 1.33 bits per heavy atom. The topological polar surface area (TPSA) is 69.4 Å². The van der Waals surface area contributed by atoms with Gasteiger partial charge in [-0.25, -0.2) is 4.98 Å². The highest BCUT2D eigenvalue weighted by molar-refractivity contribution is 5.33. The average molecular weight is 291 g/mol. The van der Waals surface area contributed by atoms with E-state index in [1.165, 1.54) is 0 Å². The summed E-state index contributed by atoms with van der Waals surface area (Å²) in [5, 5.41) is 3.42. The second-order valence-corrected chi connectivity index (χ2v) is 4.66. The van der Waals surface area contributed by atoms with Gasteiger partial charge in [-0.2, -0.15) is 4.98 Å². The molecule has 0 aliphatic carbocycles. The number of nitrogens with zero attached hydrogens (tertiary/aromatic N) is 2. The van der Waals surface area contributed by atoms with E-state index in [-0.39, 0.29) is 6.04 Å². The van der Waals surface area contributed by atoms with Crippen LogP contribution in [0.4, 0.5) is 0 Å². The summed E-state index contributed by atoms with van der Waals surface area (Å²) in [6, 6.07) is 1.73. The quantitative estimate of drug-likeness (QED) is 0.845. The maximum atomic E-state index is 5.62. The molecule has 0 fully saturated rings. The van der Waals surface area contributed by atoms with Crippen LogP contribution in [0.15, 0.2) is 22.9 Å². The molecule has 0 bridgehead atoms. The Balaban J connectivity index is 2.43. The molecule has 6 heteroatoms. The number of furan rings is 1. The van der Waals surface area contributed by atoms with Crippen LogP contribution in [0.5, 0.6) is 11.8 Å². The Bertz CT molecular complexity index is 583. The largest absolute Gasteiger partial charge is 0.480 e. The van der Waals surface area contributed by atoms with Crippen LogP contribution >= 0.6 is 0 Å². The minimum atomic E-state index is -0.201. The molecule has 6 nitrogen and oxygen atoms in total. The lowest BCUT2D eigenvalue weighted by molar-refractivity contribution is 0.347. The number of nitrogens with one attached hydrogen (secondary N) is 1. The molecule has 0 saturated carbocycles. The standard InChI is InChI=1S/C15H21N3O3/c1-5-7-16-12(14-10(2)6-8-21-14)13-15(20-4)18-11(19-3)9-17-13/h6,8-9,12,16H,5,7H2,1-4H3. The van der Waals surface area contributed by atoms with Gasteiger partial charge in [0.25, 0.3) is 0 Å². The molecular formula is C15H21N3O3. The molecule has 2 heterocycles. The predicted octanol–water partition coefficient (Wildman–Crippen LogP) is 2.48. The third kappa shape index (κ3) is 3.33. The molecule has 2 aromatic rings. The lowest BCUT2D eigenvalue weighted by Crippen LogP contribution is -2.25. The fraction of sp³-hybridized carbons (Fsp3) is 0.467. The average Bonchev–Trinajstić information content (AvgIpc) is 2.94. The lowest BCUT2D eigenvalue weighted by Gasteiger charge is -2.18. The Morgan fingerprint density at radius 3 is 2.71 bits per heavy atom. The van der Waals surface area contributed by atoms with E-state index >= 15 is 0 Å². The van der Waals surface area contributed by atoms with Crippen LogP contribution in [0.2, 0.25) is 0 Å². The third-order valence-electron chi connectivity index (χ3n) is 3.18. The molecule has 1 atom stereocenters. The van der Waals surface area contributed by atoms with Crippen molar-refractivity contribution in [2.45, 2.75) is 26.3 Å². The molecule has 1 N–H and O–H groups in total. The lowest BCUT2D eigenvalue weighted by atomic mass is 10.1. The van der Waals surface area contributed by atoms with Crippen LogP contribution in [0.1, 0.15) is 36.4 Å². The van der Waals surface area contributed by atoms with E-state index < -0.39 is 0 Å². The number of rotatable bonds is 7. The predicted molar refractivity (Wildman–Crippen MR) is 78.7 cm³/mol. The first-order chi connectivity index (χ1) is 10.2. The fourth-order valence-corrected chi connectivity index (χ4v) is 2.10. The van der Waals surface area contributed by atoms with Crippen LogP contribution in [-0.2, 0) is 0 Å². The molecule has 0 radical (unpaired) electrons. The van der Waals surface area contributed by atoms with Crippen molar-refractivity contribution in [2.75, 3.05) is 20.8 Å². The van der Waals surface area contributed by atoms with Crippen molar-refractivity contribution in [3.05, 3.63) is 35.5 Å². The Labute approximate surface area is 124 Å². The zero-order valence-corrected chi connectivity index (χ0v) is 12.8. The second kappa shape index (κ2) is 7.08. The minimum absolute atomic E-state index is 0.201. The molecule has 21 heavy (non-hydrogen) atoms. The molecular weight excluding hydrogens is 270 g/mol. The Hall–Kier alpha value is -2.08. The van der Waals surface area contributed by atoms with E-state index in [2.05, 4.69) is 22.2 Å². The molecule has 114 valence electrons. The van der Waals surface area contributed by atoms with Gasteiger partial charge in [0.05, 0.1) is 26.7 Å². The van der Waals surface area contributed by atoms with Gasteiger partial charge in [-0.15, -0.1) is 0 Å². The van der Waals surface area contributed by atoms with Crippen molar-refractivity contribution in [3.63, 3.8) is 0 Å². The van der Waals surface area contributed by atoms with Gasteiger partial charge in [-0.1, -0.05) is 6.92 Å². The maximum Gasteiger partial charge on any atom is 0.240 e. The third-order valence-corrected chi connectivity index (χ3v) is 3.18. The number of ether oxygens (including phenoxy) is 2. The molecule has 2 rings (SSSR count). The summed E-state index contributed by atoms with van der Waals surface area (Å²) in [6.07, 6.45) is 4.26. The second-order valence-electron chi connectivity index (χ2n) is 4.66. The molecule has 0 aliphatic rings. The number of methoxy groups -OCH3 is 2. The summed E-state index contributed by atoms with van der Waals surface area (Å²) in [5.74, 6) is 1.67. The van der Waals surface area contributed by atoms with Gasteiger partial charge in [0.15, 0.2) is 0 Å².